The van der Waals surface area contributed by atoms with E-state index >= 15 is 0 Å². The molecule has 0 aliphatic rings. The highest BCUT2D eigenvalue weighted by Crippen LogP contribution is 2.29. The van der Waals surface area contributed by atoms with Gasteiger partial charge in [0, 0.05) is 12.1 Å². The zero-order chi connectivity index (χ0) is 20.9. The standard InChI is InChI=1S/C22H19N3O3S2/c1-2-28-16-9-10-17-19(12-16)30-22(24-17)25-20(26)15-7-5-14(6-8-15)13-23-21(27)18-4-3-11-29-18/h3-12H,2,13H2,1H3,(H,23,27)(H,24,25,26). The number of benzene rings is 2. The summed E-state index contributed by atoms with van der Waals surface area (Å²) in [4.78, 5) is 29.7. The largest absolute Gasteiger partial charge is 0.494 e. The zero-order valence-corrected chi connectivity index (χ0v) is 17.8. The molecule has 2 aromatic heterocycles. The maximum Gasteiger partial charge on any atom is 0.261 e. The Labute approximate surface area is 181 Å². The Bertz CT molecular complexity index is 1170. The van der Waals surface area contributed by atoms with Crippen molar-refractivity contribution in [3.63, 3.8) is 0 Å². The predicted octanol–water partition coefficient (Wildman–Crippen LogP) is 4.94. The van der Waals surface area contributed by atoms with E-state index in [4.69, 9.17) is 4.74 Å². The first-order chi connectivity index (χ1) is 14.6. The highest BCUT2D eigenvalue weighted by molar-refractivity contribution is 7.22. The SMILES string of the molecule is CCOc1ccc2nc(NC(=O)c3ccc(CNC(=O)c4cccs4)cc3)sc2c1. The summed E-state index contributed by atoms with van der Waals surface area (Å²) in [6.07, 6.45) is 0. The number of thiophene rings is 1. The van der Waals surface area contributed by atoms with Crippen molar-refractivity contribution in [1.29, 1.82) is 0 Å². The maximum atomic E-state index is 12.6. The van der Waals surface area contributed by atoms with Gasteiger partial charge < -0.3 is 10.1 Å². The third-order valence-corrected chi connectivity index (χ3v) is 6.11. The minimum Gasteiger partial charge on any atom is -0.494 e. The smallest absolute Gasteiger partial charge is 0.261 e. The maximum absolute atomic E-state index is 12.6. The predicted molar refractivity (Wildman–Crippen MR) is 121 cm³/mol. The van der Waals surface area contributed by atoms with Crippen LogP contribution in [0.5, 0.6) is 5.75 Å². The lowest BCUT2D eigenvalue weighted by Crippen LogP contribution is -2.21. The van der Waals surface area contributed by atoms with E-state index in [0.29, 0.717) is 28.7 Å². The quantitative estimate of drug-likeness (QED) is 0.429. The molecule has 4 rings (SSSR count). The summed E-state index contributed by atoms with van der Waals surface area (Å²) in [7, 11) is 0. The van der Waals surface area contributed by atoms with Crippen LogP contribution in [0.1, 0.15) is 32.5 Å². The number of thiazole rings is 1. The number of ether oxygens (including phenoxy) is 1. The lowest BCUT2D eigenvalue weighted by molar-refractivity contribution is 0.0953. The Balaban J connectivity index is 1.37. The van der Waals surface area contributed by atoms with Crippen molar-refractivity contribution in [2.45, 2.75) is 13.5 Å². The van der Waals surface area contributed by atoms with Crippen LogP contribution in [0.25, 0.3) is 10.2 Å². The molecule has 0 bridgehead atoms. The van der Waals surface area contributed by atoms with Crippen LogP contribution in [0, 0.1) is 0 Å². The highest BCUT2D eigenvalue weighted by Gasteiger charge is 2.11. The molecular weight excluding hydrogens is 418 g/mol. The molecule has 2 N–H and O–H groups in total. The van der Waals surface area contributed by atoms with E-state index in [1.165, 1.54) is 22.7 Å². The average molecular weight is 438 g/mol. The Morgan fingerprint density at radius 3 is 2.63 bits per heavy atom. The van der Waals surface area contributed by atoms with Crippen LogP contribution >= 0.6 is 22.7 Å². The average Bonchev–Trinajstić information content (AvgIpc) is 3.42. The number of amides is 2. The molecule has 0 spiro atoms. The Hall–Kier alpha value is -3.23. The molecule has 0 radical (unpaired) electrons. The van der Waals surface area contributed by atoms with Gasteiger partial charge in [-0.2, -0.15) is 0 Å². The van der Waals surface area contributed by atoms with Gasteiger partial charge >= 0.3 is 0 Å². The molecule has 152 valence electrons. The Morgan fingerprint density at radius 2 is 1.90 bits per heavy atom. The van der Waals surface area contributed by atoms with E-state index in [2.05, 4.69) is 15.6 Å². The first kappa shape index (κ1) is 20.1. The summed E-state index contributed by atoms with van der Waals surface area (Å²) < 4.78 is 6.46. The molecular formula is C22H19N3O3S2. The molecule has 0 saturated carbocycles. The molecule has 0 aliphatic heterocycles. The number of anilines is 1. The molecule has 4 aromatic rings. The molecule has 0 aliphatic carbocycles. The molecule has 0 unspecified atom stereocenters. The van der Waals surface area contributed by atoms with Crippen LogP contribution in [0.2, 0.25) is 0 Å². The van der Waals surface area contributed by atoms with Crippen molar-refractivity contribution in [2.24, 2.45) is 0 Å². The van der Waals surface area contributed by atoms with E-state index in [0.717, 1.165) is 21.5 Å². The number of nitrogens with one attached hydrogen (secondary N) is 2. The van der Waals surface area contributed by atoms with Crippen LogP contribution in [-0.4, -0.2) is 23.4 Å². The van der Waals surface area contributed by atoms with E-state index in [1.807, 2.05) is 48.7 Å². The molecule has 2 amide bonds. The molecule has 2 aromatic carbocycles. The van der Waals surface area contributed by atoms with Gasteiger partial charge in [-0.3, -0.25) is 14.9 Å². The zero-order valence-electron chi connectivity index (χ0n) is 16.2. The van der Waals surface area contributed by atoms with Gasteiger partial charge in [0.25, 0.3) is 11.8 Å². The molecule has 2 heterocycles. The fourth-order valence-electron chi connectivity index (χ4n) is 2.84. The van der Waals surface area contributed by atoms with E-state index < -0.39 is 0 Å². The van der Waals surface area contributed by atoms with Gasteiger partial charge in [-0.15, -0.1) is 11.3 Å². The first-order valence-electron chi connectivity index (χ1n) is 9.38. The van der Waals surface area contributed by atoms with E-state index in [1.54, 1.807) is 18.2 Å². The Kier molecular flexibility index (Phi) is 6.06. The van der Waals surface area contributed by atoms with Crippen LogP contribution in [-0.2, 0) is 6.54 Å². The number of nitrogens with zero attached hydrogens (tertiary/aromatic N) is 1. The van der Waals surface area contributed by atoms with Crippen LogP contribution in [0.3, 0.4) is 0 Å². The molecule has 30 heavy (non-hydrogen) atoms. The van der Waals surface area contributed by atoms with Gasteiger partial charge in [-0.1, -0.05) is 29.5 Å². The number of aromatic nitrogens is 1. The number of hydrogen-bond donors (Lipinski definition) is 2. The van der Waals surface area contributed by atoms with Crippen molar-refractivity contribution < 1.29 is 14.3 Å². The van der Waals surface area contributed by atoms with Gasteiger partial charge in [0.1, 0.15) is 5.75 Å². The highest BCUT2D eigenvalue weighted by atomic mass is 32.1. The first-order valence-corrected chi connectivity index (χ1v) is 11.1. The molecule has 0 fully saturated rings. The summed E-state index contributed by atoms with van der Waals surface area (Å²) in [6, 6.07) is 16.4. The summed E-state index contributed by atoms with van der Waals surface area (Å²) in [6.45, 7) is 2.94. The number of fused-ring (bicyclic) bond motifs is 1. The minimum atomic E-state index is -0.228. The molecule has 8 heteroatoms. The normalized spacial score (nSPS) is 10.7. The van der Waals surface area contributed by atoms with Crippen molar-refractivity contribution in [2.75, 3.05) is 11.9 Å². The minimum absolute atomic E-state index is 0.102. The molecule has 6 nitrogen and oxygen atoms in total. The van der Waals surface area contributed by atoms with Gasteiger partial charge in [0.05, 0.1) is 21.7 Å². The van der Waals surface area contributed by atoms with Gasteiger partial charge in [-0.25, -0.2) is 4.98 Å². The summed E-state index contributed by atoms with van der Waals surface area (Å²) >= 11 is 2.80. The third kappa shape index (κ3) is 4.67. The molecule has 0 atom stereocenters. The topological polar surface area (TPSA) is 80.3 Å². The van der Waals surface area contributed by atoms with Crippen molar-refractivity contribution in [3.05, 3.63) is 76.0 Å². The number of hydrogen-bond acceptors (Lipinski definition) is 6. The van der Waals surface area contributed by atoms with Crippen LogP contribution in [0.4, 0.5) is 5.13 Å². The van der Waals surface area contributed by atoms with E-state index in [9.17, 15) is 9.59 Å². The third-order valence-electron chi connectivity index (χ3n) is 4.31. The molecule has 0 saturated heterocycles. The number of rotatable bonds is 7. The van der Waals surface area contributed by atoms with Gasteiger partial charge in [0.2, 0.25) is 0 Å². The second kappa shape index (κ2) is 9.06. The fraction of sp³-hybridized carbons (Fsp3) is 0.136. The number of carbonyl (C=O) groups is 2. The second-order valence-corrected chi connectivity index (χ2v) is 8.37. The second-order valence-electron chi connectivity index (χ2n) is 6.39. The summed E-state index contributed by atoms with van der Waals surface area (Å²) in [5.74, 6) is 0.455. The van der Waals surface area contributed by atoms with E-state index in [-0.39, 0.29) is 11.8 Å². The Morgan fingerprint density at radius 1 is 1.07 bits per heavy atom. The van der Waals surface area contributed by atoms with Crippen LogP contribution in [0.15, 0.2) is 60.0 Å². The monoisotopic (exact) mass is 437 g/mol. The lowest BCUT2D eigenvalue weighted by atomic mass is 10.1. The van der Waals surface area contributed by atoms with Gasteiger partial charge in [-0.05, 0) is 54.3 Å². The van der Waals surface area contributed by atoms with Crippen LogP contribution < -0.4 is 15.4 Å². The summed E-state index contributed by atoms with van der Waals surface area (Å²) in [5.41, 5.74) is 2.26. The van der Waals surface area contributed by atoms with Crippen molar-refractivity contribution in [1.82, 2.24) is 10.3 Å². The van der Waals surface area contributed by atoms with Gasteiger partial charge in [0.15, 0.2) is 5.13 Å². The number of carbonyl (C=O) groups excluding carboxylic acids is 2. The fourth-order valence-corrected chi connectivity index (χ4v) is 4.36. The van der Waals surface area contributed by atoms with Crippen molar-refractivity contribution >= 4 is 49.8 Å². The van der Waals surface area contributed by atoms with Crippen molar-refractivity contribution in [3.8, 4) is 5.75 Å². The lowest BCUT2D eigenvalue weighted by Gasteiger charge is -2.06. The summed E-state index contributed by atoms with van der Waals surface area (Å²) in [5, 5.41) is 8.12.